The summed E-state index contributed by atoms with van der Waals surface area (Å²) in [5, 5.41) is 22.2. The number of aromatic hydroxyl groups is 1. The minimum atomic E-state index is -0.750. The van der Waals surface area contributed by atoms with E-state index < -0.39 is 34.3 Å². The molecule has 0 radical (unpaired) electrons. The molecule has 1 fully saturated rings. The number of nitrogens with zero attached hydrogens (tertiary/aromatic N) is 2. The Morgan fingerprint density at radius 3 is 2.70 bits per heavy atom. The third kappa shape index (κ3) is 4.41. The van der Waals surface area contributed by atoms with Gasteiger partial charge in [0.05, 0.1) is 28.7 Å². The number of carbonyl (C=O) groups excluding carboxylic acids is 3. The number of hydrogen-bond acceptors (Lipinski definition) is 8. The van der Waals surface area contributed by atoms with Crippen LogP contribution in [0.25, 0.3) is 6.08 Å². The molecule has 11 heteroatoms. The quantitative estimate of drug-likeness (QED) is 0.309. The number of ether oxygens (including phenoxy) is 1. The van der Waals surface area contributed by atoms with Crippen LogP contribution in [-0.2, 0) is 9.59 Å². The van der Waals surface area contributed by atoms with Gasteiger partial charge in [-0.3, -0.25) is 29.4 Å². The van der Waals surface area contributed by atoms with E-state index in [0.717, 1.165) is 23.1 Å². The summed E-state index contributed by atoms with van der Waals surface area (Å²) in [6.07, 6.45) is 1.50. The van der Waals surface area contributed by atoms with Crippen molar-refractivity contribution in [2.75, 3.05) is 19.0 Å². The lowest BCUT2D eigenvalue weighted by Crippen LogP contribution is -2.36. The van der Waals surface area contributed by atoms with Crippen LogP contribution in [0.5, 0.6) is 11.5 Å². The molecule has 2 aromatic rings. The van der Waals surface area contributed by atoms with Crippen LogP contribution in [0.1, 0.15) is 5.56 Å². The number of imide groups is 1. The van der Waals surface area contributed by atoms with E-state index in [4.69, 9.17) is 4.74 Å². The van der Waals surface area contributed by atoms with Crippen LogP contribution in [-0.4, -0.2) is 45.6 Å². The highest BCUT2D eigenvalue weighted by molar-refractivity contribution is 8.18. The Kier molecular flexibility index (Phi) is 6.02. The molecule has 1 heterocycles. The van der Waals surface area contributed by atoms with Crippen LogP contribution >= 0.6 is 11.8 Å². The van der Waals surface area contributed by atoms with Gasteiger partial charge >= 0.3 is 0 Å². The number of nitro benzene ring substituents is 1. The number of carbonyl (C=O) groups is 3. The maximum absolute atomic E-state index is 12.6. The maximum atomic E-state index is 12.6. The van der Waals surface area contributed by atoms with Crippen molar-refractivity contribution in [1.82, 2.24) is 4.90 Å². The summed E-state index contributed by atoms with van der Waals surface area (Å²) in [7, 11) is 1.48. The number of thioether (sulfide) groups is 1. The van der Waals surface area contributed by atoms with Crippen LogP contribution in [0, 0.1) is 10.1 Å². The highest BCUT2D eigenvalue weighted by Gasteiger charge is 2.36. The van der Waals surface area contributed by atoms with Crippen molar-refractivity contribution in [3.63, 3.8) is 0 Å². The number of rotatable bonds is 6. The minimum Gasteiger partial charge on any atom is -0.506 e. The van der Waals surface area contributed by atoms with Crippen molar-refractivity contribution in [1.29, 1.82) is 0 Å². The van der Waals surface area contributed by atoms with Gasteiger partial charge in [-0.15, -0.1) is 0 Å². The van der Waals surface area contributed by atoms with Crippen molar-refractivity contribution in [3.05, 3.63) is 63.0 Å². The monoisotopic (exact) mass is 429 g/mol. The molecule has 0 atom stereocenters. The zero-order chi connectivity index (χ0) is 21.8. The fourth-order valence-corrected chi connectivity index (χ4v) is 3.47. The van der Waals surface area contributed by atoms with E-state index in [0.29, 0.717) is 23.1 Å². The molecule has 0 spiro atoms. The Balaban J connectivity index is 1.72. The number of benzene rings is 2. The van der Waals surface area contributed by atoms with E-state index in [1.165, 1.54) is 13.2 Å². The van der Waals surface area contributed by atoms with Gasteiger partial charge in [0.15, 0.2) is 0 Å². The van der Waals surface area contributed by atoms with Gasteiger partial charge in [-0.05, 0) is 30.0 Å². The highest BCUT2D eigenvalue weighted by Crippen LogP contribution is 2.34. The maximum Gasteiger partial charge on any atom is 0.294 e. The van der Waals surface area contributed by atoms with Gasteiger partial charge in [0, 0.05) is 11.6 Å². The first kappa shape index (κ1) is 20.9. The minimum absolute atomic E-state index is 0.0814. The van der Waals surface area contributed by atoms with Crippen molar-refractivity contribution < 1.29 is 29.2 Å². The molecule has 30 heavy (non-hydrogen) atoms. The zero-order valence-electron chi connectivity index (χ0n) is 15.5. The van der Waals surface area contributed by atoms with Crippen LogP contribution in [0.15, 0.2) is 47.4 Å². The summed E-state index contributed by atoms with van der Waals surface area (Å²) in [5.74, 6) is -1.38. The smallest absolute Gasteiger partial charge is 0.294 e. The predicted molar refractivity (Wildman–Crippen MR) is 109 cm³/mol. The van der Waals surface area contributed by atoms with Crippen LogP contribution in [0.2, 0.25) is 0 Å². The van der Waals surface area contributed by atoms with E-state index in [1.54, 1.807) is 24.3 Å². The molecule has 0 unspecified atom stereocenters. The summed E-state index contributed by atoms with van der Waals surface area (Å²) in [4.78, 5) is 47.9. The lowest BCUT2D eigenvalue weighted by molar-refractivity contribution is -0.384. The number of hydrogen-bond donors (Lipinski definition) is 2. The molecule has 154 valence electrons. The number of anilines is 1. The number of amides is 3. The molecule has 1 aliphatic heterocycles. The molecular weight excluding hydrogens is 414 g/mol. The predicted octanol–water partition coefficient (Wildman–Crippen LogP) is 2.98. The summed E-state index contributed by atoms with van der Waals surface area (Å²) in [6, 6.07) is 10.1. The number of nitrogens with one attached hydrogen (secondary N) is 1. The van der Waals surface area contributed by atoms with E-state index in [9.17, 15) is 29.6 Å². The third-order valence-corrected chi connectivity index (χ3v) is 4.97. The second kappa shape index (κ2) is 8.66. The molecular formula is C19H15N3O7S. The lowest BCUT2D eigenvalue weighted by atomic mass is 10.2. The van der Waals surface area contributed by atoms with Gasteiger partial charge < -0.3 is 15.2 Å². The Morgan fingerprint density at radius 2 is 2.03 bits per heavy atom. The first-order chi connectivity index (χ1) is 14.3. The highest BCUT2D eigenvalue weighted by atomic mass is 32.2. The van der Waals surface area contributed by atoms with Gasteiger partial charge in [0.2, 0.25) is 5.91 Å². The largest absolute Gasteiger partial charge is 0.506 e. The first-order valence-corrected chi connectivity index (χ1v) is 9.27. The van der Waals surface area contributed by atoms with Crippen LogP contribution in [0.4, 0.5) is 16.2 Å². The van der Waals surface area contributed by atoms with E-state index in [2.05, 4.69) is 5.32 Å². The number of para-hydroxylation sites is 1. The van der Waals surface area contributed by atoms with Crippen molar-refractivity contribution >= 4 is 46.3 Å². The van der Waals surface area contributed by atoms with Crippen LogP contribution in [0.3, 0.4) is 0 Å². The van der Waals surface area contributed by atoms with Gasteiger partial charge in [0.25, 0.3) is 16.8 Å². The average Bonchev–Trinajstić information content (AvgIpc) is 2.97. The van der Waals surface area contributed by atoms with Gasteiger partial charge in [-0.25, -0.2) is 0 Å². The number of non-ortho nitro benzene ring substituents is 1. The summed E-state index contributed by atoms with van der Waals surface area (Å²) in [6.45, 7) is -0.579. The number of phenolic OH excluding ortho intramolecular Hbond substituents is 1. The molecule has 0 aromatic heterocycles. The standard InChI is InChI=1S/C19H15N3O7S/c1-29-15-5-3-2-4-11(15)8-16-18(25)21(19(26)30-16)10-17(24)20-13-7-6-12(22(27)28)9-14(13)23/h2-9,23H,10H2,1H3,(H,20,24)/b16-8-. The second-order valence-corrected chi connectivity index (χ2v) is 7.01. The molecule has 0 saturated carbocycles. The molecule has 2 aromatic carbocycles. The molecule has 3 amide bonds. The molecule has 2 N–H and O–H groups in total. The topological polar surface area (TPSA) is 139 Å². The average molecular weight is 429 g/mol. The fraction of sp³-hybridized carbons (Fsp3) is 0.105. The van der Waals surface area contributed by atoms with Crippen molar-refractivity contribution in [2.45, 2.75) is 0 Å². The third-order valence-electron chi connectivity index (χ3n) is 4.07. The van der Waals surface area contributed by atoms with Crippen molar-refractivity contribution in [3.8, 4) is 11.5 Å². The summed E-state index contributed by atoms with van der Waals surface area (Å²) < 4.78 is 5.22. The second-order valence-electron chi connectivity index (χ2n) is 6.02. The Labute approximate surface area is 174 Å². The molecule has 3 rings (SSSR count). The summed E-state index contributed by atoms with van der Waals surface area (Å²) >= 11 is 0.691. The van der Waals surface area contributed by atoms with Gasteiger partial charge in [-0.1, -0.05) is 18.2 Å². The first-order valence-electron chi connectivity index (χ1n) is 8.46. The van der Waals surface area contributed by atoms with E-state index in [1.807, 2.05) is 0 Å². The molecule has 1 saturated heterocycles. The number of methoxy groups -OCH3 is 1. The molecule has 0 bridgehead atoms. The van der Waals surface area contributed by atoms with E-state index >= 15 is 0 Å². The van der Waals surface area contributed by atoms with Crippen LogP contribution < -0.4 is 10.1 Å². The fourth-order valence-electron chi connectivity index (χ4n) is 2.64. The Morgan fingerprint density at radius 1 is 1.30 bits per heavy atom. The number of phenols is 1. The molecule has 10 nitrogen and oxygen atoms in total. The zero-order valence-corrected chi connectivity index (χ0v) is 16.3. The molecule has 0 aliphatic carbocycles. The van der Waals surface area contributed by atoms with Crippen molar-refractivity contribution in [2.24, 2.45) is 0 Å². The molecule has 1 aliphatic rings. The van der Waals surface area contributed by atoms with E-state index in [-0.39, 0.29) is 16.3 Å². The lowest BCUT2D eigenvalue weighted by Gasteiger charge is -2.13. The number of nitro groups is 1. The summed E-state index contributed by atoms with van der Waals surface area (Å²) in [5.41, 5.74) is 0.172. The van der Waals surface area contributed by atoms with Gasteiger partial charge in [0.1, 0.15) is 18.0 Å². The SMILES string of the molecule is COc1ccccc1/C=C1\SC(=O)N(CC(=O)Nc2ccc([N+](=O)[O-])cc2O)C1=O. The Bertz CT molecular complexity index is 1080. The Hall–Kier alpha value is -3.86. The normalized spacial score (nSPS) is 14.8. The van der Waals surface area contributed by atoms with Gasteiger partial charge in [-0.2, -0.15) is 0 Å².